The summed E-state index contributed by atoms with van der Waals surface area (Å²) in [4.78, 5) is 22.7. The number of aliphatic hydroxyl groups is 1. The van der Waals surface area contributed by atoms with Gasteiger partial charge >= 0.3 is 11.9 Å². The van der Waals surface area contributed by atoms with Gasteiger partial charge in [0.25, 0.3) is 0 Å². The van der Waals surface area contributed by atoms with Crippen molar-refractivity contribution in [2.24, 2.45) is 11.5 Å². The van der Waals surface area contributed by atoms with E-state index in [-0.39, 0.29) is 12.4 Å². The van der Waals surface area contributed by atoms with Gasteiger partial charge in [-0.05, 0) is 26.7 Å². The number of hydrogen-bond donors (Lipinski definition) is 5. The second-order valence-corrected chi connectivity index (χ2v) is 4.87. The highest BCUT2D eigenvalue weighted by atomic mass is 16.6. The Morgan fingerprint density at radius 3 is 2.53 bits per heavy atom. The zero-order chi connectivity index (χ0) is 15.1. The zero-order valence-electron chi connectivity index (χ0n) is 11.2. The number of ether oxygens (including phenoxy) is 1. The lowest BCUT2D eigenvalue weighted by Gasteiger charge is -2.16. The van der Waals surface area contributed by atoms with Crippen molar-refractivity contribution in [3.8, 4) is 0 Å². The van der Waals surface area contributed by atoms with E-state index in [1.165, 1.54) is 13.8 Å². The van der Waals surface area contributed by atoms with Gasteiger partial charge in [-0.25, -0.2) is 4.79 Å². The van der Waals surface area contributed by atoms with Gasteiger partial charge in [0.2, 0.25) is 0 Å². The zero-order valence-corrected chi connectivity index (χ0v) is 11.2. The monoisotopic (exact) mass is 274 g/mol. The molecule has 0 saturated heterocycles. The van der Waals surface area contributed by atoms with E-state index in [9.17, 15) is 14.7 Å². The molecule has 0 radical (unpaired) electrons. The molecule has 0 fully saturated rings. The fourth-order valence-corrected chi connectivity index (χ4v) is 1.24. The minimum atomic E-state index is -1.23. The molecule has 7 N–H and O–H groups in total. The fraction of sp³-hybridized carbons (Fsp3) is 0.727. The van der Waals surface area contributed by atoms with E-state index in [1.54, 1.807) is 0 Å². The van der Waals surface area contributed by atoms with Crippen molar-refractivity contribution >= 4 is 17.9 Å². The van der Waals surface area contributed by atoms with Crippen molar-refractivity contribution in [3.63, 3.8) is 0 Å². The van der Waals surface area contributed by atoms with Gasteiger partial charge in [0.1, 0.15) is 6.04 Å². The van der Waals surface area contributed by atoms with E-state index >= 15 is 0 Å². The summed E-state index contributed by atoms with van der Waals surface area (Å²) >= 11 is 0. The Hall–Kier alpha value is -1.67. The summed E-state index contributed by atoms with van der Waals surface area (Å²) in [6.07, 6.45) is 0.530. The lowest BCUT2D eigenvalue weighted by atomic mass is 10.1. The second-order valence-electron chi connectivity index (χ2n) is 4.87. The van der Waals surface area contributed by atoms with Crippen LogP contribution in [0.25, 0.3) is 0 Å². The first-order chi connectivity index (χ1) is 8.61. The molecule has 19 heavy (non-hydrogen) atoms. The van der Waals surface area contributed by atoms with Crippen LogP contribution in [-0.2, 0) is 14.3 Å². The Balaban J connectivity index is 3.93. The molecule has 0 amide bonds. The lowest BCUT2D eigenvalue weighted by Crippen LogP contribution is -2.37. The van der Waals surface area contributed by atoms with Crippen molar-refractivity contribution in [2.45, 2.75) is 44.8 Å². The van der Waals surface area contributed by atoms with Crippen LogP contribution in [0.5, 0.6) is 0 Å². The number of nitrogens with one attached hydrogen (secondary N) is 2. The molecule has 0 saturated carbocycles. The molecule has 0 aromatic carbocycles. The molecule has 8 nitrogen and oxygen atoms in total. The summed E-state index contributed by atoms with van der Waals surface area (Å²) in [5.41, 5.74) is 9.39. The largest absolute Gasteiger partial charge is 0.392 e. The minimum Gasteiger partial charge on any atom is -0.392 e. The number of hydrogen-bond acceptors (Lipinski definition) is 6. The van der Waals surface area contributed by atoms with Crippen LogP contribution in [0, 0.1) is 5.41 Å². The van der Waals surface area contributed by atoms with Crippen molar-refractivity contribution in [1.29, 1.82) is 5.41 Å². The van der Waals surface area contributed by atoms with Gasteiger partial charge in [0.05, 0.1) is 12.0 Å². The number of rotatable bonds is 7. The second kappa shape index (κ2) is 7.70. The molecule has 0 spiro atoms. The fourth-order valence-electron chi connectivity index (χ4n) is 1.24. The van der Waals surface area contributed by atoms with Crippen LogP contribution >= 0.6 is 0 Å². The smallest absolute Gasteiger partial charge is 0.330 e. The normalized spacial score (nSPS) is 12.6. The van der Waals surface area contributed by atoms with Crippen molar-refractivity contribution in [1.82, 2.24) is 5.32 Å². The highest BCUT2D eigenvalue weighted by molar-refractivity contribution is 5.88. The Bertz CT molecular complexity index is 338. The van der Waals surface area contributed by atoms with Crippen LogP contribution in [0.15, 0.2) is 0 Å². The first-order valence-electron chi connectivity index (χ1n) is 5.92. The van der Waals surface area contributed by atoms with Crippen LogP contribution < -0.4 is 16.8 Å². The Labute approximate surface area is 112 Å². The Morgan fingerprint density at radius 1 is 1.47 bits per heavy atom. The van der Waals surface area contributed by atoms with Gasteiger partial charge < -0.3 is 26.6 Å². The molecule has 0 unspecified atom stereocenters. The SMILES string of the molecule is CC(C)(O)CC(=O)OC(=O)[C@@H](N)CCCNC(=N)N. The minimum absolute atomic E-state index is 0.156. The number of guanidine groups is 1. The molecule has 0 aliphatic rings. The van der Waals surface area contributed by atoms with Crippen LogP contribution in [0.4, 0.5) is 0 Å². The van der Waals surface area contributed by atoms with Crippen LogP contribution in [-0.4, -0.2) is 41.2 Å². The van der Waals surface area contributed by atoms with Crippen molar-refractivity contribution in [3.05, 3.63) is 0 Å². The summed E-state index contributed by atoms with van der Waals surface area (Å²) in [5.74, 6) is -1.79. The Morgan fingerprint density at radius 2 is 2.05 bits per heavy atom. The highest BCUT2D eigenvalue weighted by Gasteiger charge is 2.23. The molecule has 0 bridgehead atoms. The van der Waals surface area contributed by atoms with E-state index in [0.717, 1.165) is 0 Å². The van der Waals surface area contributed by atoms with Gasteiger partial charge in [0, 0.05) is 6.54 Å². The topological polar surface area (TPSA) is 152 Å². The molecule has 0 rings (SSSR count). The molecule has 0 aliphatic heterocycles. The van der Waals surface area contributed by atoms with Gasteiger partial charge in [-0.1, -0.05) is 0 Å². The van der Waals surface area contributed by atoms with E-state index in [0.29, 0.717) is 19.4 Å². The molecular formula is C11H22N4O4. The average molecular weight is 274 g/mol. The quantitative estimate of drug-likeness (QED) is 0.129. The maximum Gasteiger partial charge on any atom is 0.330 e. The predicted molar refractivity (Wildman–Crippen MR) is 69.1 cm³/mol. The van der Waals surface area contributed by atoms with E-state index < -0.39 is 23.6 Å². The molecule has 0 heterocycles. The third-order valence-corrected chi connectivity index (χ3v) is 2.10. The molecule has 8 heteroatoms. The lowest BCUT2D eigenvalue weighted by molar-refractivity contribution is -0.163. The molecule has 0 aliphatic carbocycles. The first-order valence-corrected chi connectivity index (χ1v) is 5.92. The standard InChI is InChI=1S/C11H22N4O4/c1-11(2,18)6-8(16)19-9(17)7(12)4-3-5-15-10(13)14/h7,18H,3-6,12H2,1-2H3,(H4,13,14,15)/t7-/m0/s1. The maximum atomic E-state index is 11.4. The summed E-state index contributed by atoms with van der Waals surface area (Å²) in [5, 5.41) is 18.9. The van der Waals surface area contributed by atoms with Crippen LogP contribution in [0.1, 0.15) is 33.1 Å². The molecule has 0 aromatic rings. The molecule has 110 valence electrons. The first kappa shape index (κ1) is 17.3. The number of nitrogens with two attached hydrogens (primary N) is 2. The van der Waals surface area contributed by atoms with Gasteiger partial charge in [0.15, 0.2) is 5.96 Å². The van der Waals surface area contributed by atoms with Crippen LogP contribution in [0.3, 0.4) is 0 Å². The summed E-state index contributed by atoms with van der Waals surface area (Å²) < 4.78 is 4.52. The van der Waals surface area contributed by atoms with Crippen LogP contribution in [0.2, 0.25) is 0 Å². The van der Waals surface area contributed by atoms with Gasteiger partial charge in [-0.2, -0.15) is 0 Å². The molecule has 1 atom stereocenters. The number of carbonyl (C=O) groups excluding carboxylic acids is 2. The third-order valence-electron chi connectivity index (χ3n) is 2.10. The number of esters is 2. The van der Waals surface area contributed by atoms with E-state index in [1.807, 2.05) is 0 Å². The third kappa shape index (κ3) is 9.98. The van der Waals surface area contributed by atoms with Gasteiger partial charge in [-0.15, -0.1) is 0 Å². The predicted octanol–water partition coefficient (Wildman–Crippen LogP) is -1.19. The average Bonchev–Trinajstić information content (AvgIpc) is 2.20. The summed E-state index contributed by atoms with van der Waals surface area (Å²) in [6, 6.07) is -0.917. The van der Waals surface area contributed by atoms with Crippen molar-refractivity contribution in [2.75, 3.05) is 6.54 Å². The Kier molecular flexibility index (Phi) is 7.02. The number of carbonyl (C=O) groups is 2. The van der Waals surface area contributed by atoms with Gasteiger partial charge in [-0.3, -0.25) is 10.2 Å². The summed E-state index contributed by atoms with van der Waals surface area (Å²) in [7, 11) is 0. The van der Waals surface area contributed by atoms with Crippen molar-refractivity contribution < 1.29 is 19.4 Å². The maximum absolute atomic E-state index is 11.4. The molecular weight excluding hydrogens is 252 g/mol. The highest BCUT2D eigenvalue weighted by Crippen LogP contribution is 2.08. The molecule has 0 aromatic heterocycles. The summed E-state index contributed by atoms with van der Waals surface area (Å²) in [6.45, 7) is 3.28. The van der Waals surface area contributed by atoms with E-state index in [2.05, 4.69) is 10.1 Å². The van der Waals surface area contributed by atoms with E-state index in [4.69, 9.17) is 16.9 Å².